The molecule has 1 unspecified atom stereocenters. The number of rotatable bonds is 4. The third-order valence-corrected chi connectivity index (χ3v) is 2.60. The molecule has 0 bridgehead atoms. The average Bonchev–Trinajstić information content (AvgIpc) is 2.26. The second kappa shape index (κ2) is 5.32. The predicted molar refractivity (Wildman–Crippen MR) is 50.8 cm³/mol. The molecule has 0 radical (unpaired) electrons. The van der Waals surface area contributed by atoms with Gasteiger partial charge in [-0.05, 0) is 25.7 Å². The summed E-state index contributed by atoms with van der Waals surface area (Å²) in [5.74, 6) is -0.290. The molecular weight excluding hydrogens is 184 g/mol. The van der Waals surface area contributed by atoms with Crippen LogP contribution in [-0.2, 0) is 19.0 Å². The van der Waals surface area contributed by atoms with Gasteiger partial charge in [0.2, 0.25) is 0 Å². The Morgan fingerprint density at radius 1 is 1.50 bits per heavy atom. The monoisotopic (exact) mass is 202 g/mol. The first kappa shape index (κ1) is 11.5. The van der Waals surface area contributed by atoms with Crippen LogP contribution in [0.3, 0.4) is 0 Å². The fourth-order valence-corrected chi connectivity index (χ4v) is 1.68. The van der Waals surface area contributed by atoms with E-state index in [9.17, 15) is 4.79 Å². The summed E-state index contributed by atoms with van der Waals surface area (Å²) in [6.07, 6.45) is 3.47. The lowest BCUT2D eigenvalue weighted by molar-refractivity contribution is -0.188. The van der Waals surface area contributed by atoms with Crippen LogP contribution in [0.2, 0.25) is 0 Å². The Bertz CT molecular complexity index is 185. The third-order valence-electron chi connectivity index (χ3n) is 2.60. The number of hydrogen-bond acceptors (Lipinski definition) is 4. The van der Waals surface area contributed by atoms with Crippen molar-refractivity contribution < 1.29 is 19.0 Å². The van der Waals surface area contributed by atoms with Crippen LogP contribution in [-0.4, -0.2) is 32.1 Å². The SMILES string of the molecule is CCC1(C(=O)OCOC)CCCCO1. The number of carbonyl (C=O) groups is 1. The van der Waals surface area contributed by atoms with Crippen LogP contribution in [0, 0.1) is 0 Å². The zero-order chi connectivity index (χ0) is 10.4. The summed E-state index contributed by atoms with van der Waals surface area (Å²) in [6.45, 7) is 2.60. The van der Waals surface area contributed by atoms with E-state index in [0.717, 1.165) is 19.3 Å². The van der Waals surface area contributed by atoms with Gasteiger partial charge in [0.15, 0.2) is 12.4 Å². The number of hydrogen-bond donors (Lipinski definition) is 0. The number of esters is 1. The van der Waals surface area contributed by atoms with Crippen molar-refractivity contribution in [3.63, 3.8) is 0 Å². The minimum atomic E-state index is -0.712. The van der Waals surface area contributed by atoms with Crippen molar-refractivity contribution in [2.45, 2.75) is 38.2 Å². The Labute approximate surface area is 84.5 Å². The first-order chi connectivity index (χ1) is 6.75. The lowest BCUT2D eigenvalue weighted by atomic mass is 9.91. The van der Waals surface area contributed by atoms with E-state index in [2.05, 4.69) is 0 Å². The molecule has 4 nitrogen and oxygen atoms in total. The van der Waals surface area contributed by atoms with Gasteiger partial charge < -0.3 is 14.2 Å². The summed E-state index contributed by atoms with van der Waals surface area (Å²) in [5, 5.41) is 0. The van der Waals surface area contributed by atoms with E-state index in [1.807, 2.05) is 6.92 Å². The summed E-state index contributed by atoms with van der Waals surface area (Å²) in [5.41, 5.74) is -0.712. The zero-order valence-electron chi connectivity index (χ0n) is 8.88. The lowest BCUT2D eigenvalue weighted by Crippen LogP contribution is -2.45. The standard InChI is InChI=1S/C10H18O4/c1-3-10(6-4-5-7-14-10)9(11)13-8-12-2/h3-8H2,1-2H3. The van der Waals surface area contributed by atoms with Gasteiger partial charge in [0.1, 0.15) is 0 Å². The van der Waals surface area contributed by atoms with Crippen LogP contribution in [0.4, 0.5) is 0 Å². The summed E-state index contributed by atoms with van der Waals surface area (Å²) < 4.78 is 15.2. The summed E-state index contributed by atoms with van der Waals surface area (Å²) in [4.78, 5) is 11.7. The van der Waals surface area contributed by atoms with Gasteiger partial charge in [-0.2, -0.15) is 0 Å². The Hall–Kier alpha value is -0.610. The summed E-state index contributed by atoms with van der Waals surface area (Å²) in [6, 6.07) is 0. The highest BCUT2D eigenvalue weighted by Crippen LogP contribution is 2.29. The molecule has 0 spiro atoms. The number of carbonyl (C=O) groups excluding carboxylic acids is 1. The molecule has 1 rings (SSSR count). The Morgan fingerprint density at radius 3 is 2.79 bits per heavy atom. The molecule has 1 saturated heterocycles. The normalized spacial score (nSPS) is 27.3. The van der Waals surface area contributed by atoms with Gasteiger partial charge in [-0.1, -0.05) is 6.92 Å². The van der Waals surface area contributed by atoms with Crippen molar-refractivity contribution in [3.8, 4) is 0 Å². The zero-order valence-corrected chi connectivity index (χ0v) is 8.88. The fraction of sp³-hybridized carbons (Fsp3) is 0.900. The maximum absolute atomic E-state index is 11.7. The molecule has 0 amide bonds. The topological polar surface area (TPSA) is 44.8 Å². The lowest BCUT2D eigenvalue weighted by Gasteiger charge is -2.33. The molecular formula is C10H18O4. The maximum atomic E-state index is 11.7. The van der Waals surface area contributed by atoms with Crippen LogP contribution in [0.5, 0.6) is 0 Å². The van der Waals surface area contributed by atoms with E-state index in [4.69, 9.17) is 14.2 Å². The molecule has 4 heteroatoms. The molecule has 0 aromatic rings. The molecule has 1 aliphatic heterocycles. The Balaban J connectivity index is 2.53. The highest BCUT2D eigenvalue weighted by molar-refractivity contribution is 5.79. The maximum Gasteiger partial charge on any atom is 0.340 e. The molecule has 1 fully saturated rings. The van der Waals surface area contributed by atoms with Gasteiger partial charge in [-0.15, -0.1) is 0 Å². The summed E-state index contributed by atoms with van der Waals surface area (Å²) in [7, 11) is 1.49. The molecule has 0 saturated carbocycles. The van der Waals surface area contributed by atoms with Gasteiger partial charge in [0, 0.05) is 13.7 Å². The molecule has 0 aliphatic carbocycles. The molecule has 1 atom stereocenters. The quantitative estimate of drug-likeness (QED) is 0.511. The van der Waals surface area contributed by atoms with Gasteiger partial charge in [-0.3, -0.25) is 0 Å². The van der Waals surface area contributed by atoms with Gasteiger partial charge >= 0.3 is 5.97 Å². The van der Waals surface area contributed by atoms with Gasteiger partial charge in [-0.25, -0.2) is 4.79 Å². The number of methoxy groups -OCH3 is 1. The smallest absolute Gasteiger partial charge is 0.340 e. The van der Waals surface area contributed by atoms with E-state index in [0.29, 0.717) is 13.0 Å². The van der Waals surface area contributed by atoms with Crippen LogP contribution in [0.15, 0.2) is 0 Å². The second-order valence-corrected chi connectivity index (χ2v) is 3.49. The van der Waals surface area contributed by atoms with Gasteiger partial charge in [0.25, 0.3) is 0 Å². The highest BCUT2D eigenvalue weighted by atomic mass is 16.7. The van der Waals surface area contributed by atoms with E-state index >= 15 is 0 Å². The van der Waals surface area contributed by atoms with Gasteiger partial charge in [0.05, 0.1) is 0 Å². The Morgan fingerprint density at radius 2 is 2.29 bits per heavy atom. The van der Waals surface area contributed by atoms with E-state index < -0.39 is 5.60 Å². The molecule has 1 heterocycles. The largest absolute Gasteiger partial charge is 0.436 e. The van der Waals surface area contributed by atoms with Crippen molar-refractivity contribution in [2.75, 3.05) is 20.5 Å². The van der Waals surface area contributed by atoms with Crippen LogP contribution < -0.4 is 0 Å². The van der Waals surface area contributed by atoms with Crippen molar-refractivity contribution in [1.82, 2.24) is 0 Å². The molecule has 0 aromatic heterocycles. The number of ether oxygens (including phenoxy) is 3. The predicted octanol–water partition coefficient (Wildman–Crippen LogP) is 1.48. The molecule has 14 heavy (non-hydrogen) atoms. The fourth-order valence-electron chi connectivity index (χ4n) is 1.68. The molecule has 1 aliphatic rings. The van der Waals surface area contributed by atoms with Crippen molar-refractivity contribution >= 4 is 5.97 Å². The minimum absolute atomic E-state index is 0.00391. The van der Waals surface area contributed by atoms with E-state index in [1.165, 1.54) is 7.11 Å². The minimum Gasteiger partial charge on any atom is -0.436 e. The van der Waals surface area contributed by atoms with Crippen LogP contribution in [0.1, 0.15) is 32.6 Å². The molecule has 0 N–H and O–H groups in total. The van der Waals surface area contributed by atoms with Crippen molar-refractivity contribution in [1.29, 1.82) is 0 Å². The summed E-state index contributed by atoms with van der Waals surface area (Å²) >= 11 is 0. The molecule has 82 valence electrons. The second-order valence-electron chi connectivity index (χ2n) is 3.49. The van der Waals surface area contributed by atoms with Crippen molar-refractivity contribution in [2.24, 2.45) is 0 Å². The Kier molecular flexibility index (Phi) is 4.35. The van der Waals surface area contributed by atoms with Crippen molar-refractivity contribution in [3.05, 3.63) is 0 Å². The first-order valence-corrected chi connectivity index (χ1v) is 5.05. The van der Waals surface area contributed by atoms with Crippen LogP contribution in [0.25, 0.3) is 0 Å². The van der Waals surface area contributed by atoms with E-state index in [1.54, 1.807) is 0 Å². The third kappa shape index (κ3) is 2.45. The highest BCUT2D eigenvalue weighted by Gasteiger charge is 2.40. The molecule has 0 aromatic carbocycles. The average molecular weight is 202 g/mol. The van der Waals surface area contributed by atoms with Crippen LogP contribution >= 0.6 is 0 Å². The first-order valence-electron chi connectivity index (χ1n) is 5.05. The van der Waals surface area contributed by atoms with E-state index in [-0.39, 0.29) is 12.8 Å².